The summed E-state index contributed by atoms with van der Waals surface area (Å²) in [6, 6.07) is 5.18. The molecular weight excluding hydrogens is 234 g/mol. The van der Waals surface area contributed by atoms with E-state index in [1.54, 1.807) is 18.2 Å². The largest absolute Gasteiger partial charge is 0.486 e. The minimum atomic E-state index is -0.0440. The van der Waals surface area contributed by atoms with Crippen LogP contribution in [-0.4, -0.2) is 33.8 Å². The lowest BCUT2D eigenvalue weighted by molar-refractivity contribution is 0.0966. The van der Waals surface area contributed by atoms with Crippen molar-refractivity contribution in [2.24, 2.45) is 0 Å². The van der Waals surface area contributed by atoms with E-state index in [0.29, 0.717) is 30.3 Å². The van der Waals surface area contributed by atoms with Crippen LogP contribution in [0.15, 0.2) is 30.9 Å². The number of ketones is 1. The molecule has 0 atom stereocenters. The Morgan fingerprint density at radius 3 is 2.89 bits per heavy atom. The molecule has 0 spiro atoms. The number of rotatable bonds is 3. The predicted octanol–water partition coefficient (Wildman–Crippen LogP) is 0.932. The van der Waals surface area contributed by atoms with Gasteiger partial charge in [0.25, 0.3) is 0 Å². The van der Waals surface area contributed by atoms with E-state index in [0.717, 1.165) is 0 Å². The highest BCUT2D eigenvalue weighted by Crippen LogP contribution is 2.30. The summed E-state index contributed by atoms with van der Waals surface area (Å²) in [6.07, 6.45) is 2.91. The third-order valence-corrected chi connectivity index (χ3v) is 2.64. The zero-order valence-electron chi connectivity index (χ0n) is 9.57. The molecule has 1 aromatic carbocycles. The zero-order valence-corrected chi connectivity index (χ0v) is 9.57. The second-order valence-corrected chi connectivity index (χ2v) is 3.87. The van der Waals surface area contributed by atoms with Gasteiger partial charge in [-0.3, -0.25) is 4.79 Å². The second-order valence-electron chi connectivity index (χ2n) is 3.87. The van der Waals surface area contributed by atoms with Crippen molar-refractivity contribution in [3.63, 3.8) is 0 Å². The number of ether oxygens (including phenoxy) is 2. The predicted molar refractivity (Wildman–Crippen MR) is 61.8 cm³/mol. The van der Waals surface area contributed by atoms with E-state index in [1.807, 2.05) is 0 Å². The van der Waals surface area contributed by atoms with E-state index >= 15 is 0 Å². The number of aromatic nitrogens is 3. The van der Waals surface area contributed by atoms with E-state index < -0.39 is 0 Å². The van der Waals surface area contributed by atoms with Gasteiger partial charge in [-0.2, -0.15) is 5.10 Å². The number of hydrogen-bond acceptors (Lipinski definition) is 5. The normalized spacial score (nSPS) is 13.3. The summed E-state index contributed by atoms with van der Waals surface area (Å²) >= 11 is 0. The molecule has 0 N–H and O–H groups in total. The topological polar surface area (TPSA) is 66.2 Å². The molecule has 1 aromatic heterocycles. The number of benzene rings is 1. The van der Waals surface area contributed by atoms with Crippen molar-refractivity contribution in [1.82, 2.24) is 14.8 Å². The van der Waals surface area contributed by atoms with Gasteiger partial charge in [0.1, 0.15) is 32.4 Å². The van der Waals surface area contributed by atoms with E-state index in [-0.39, 0.29) is 12.3 Å². The third kappa shape index (κ3) is 2.04. The molecule has 1 aliphatic rings. The van der Waals surface area contributed by atoms with Crippen LogP contribution in [0, 0.1) is 0 Å². The molecule has 0 bridgehead atoms. The van der Waals surface area contributed by atoms with Crippen molar-refractivity contribution in [3.05, 3.63) is 36.4 Å². The Bertz CT molecular complexity index is 566. The first kappa shape index (κ1) is 10.8. The number of carbonyl (C=O) groups excluding carboxylic acids is 1. The van der Waals surface area contributed by atoms with Crippen molar-refractivity contribution in [2.75, 3.05) is 13.2 Å². The molecule has 92 valence electrons. The number of fused-ring (bicyclic) bond motifs is 1. The quantitative estimate of drug-likeness (QED) is 0.753. The van der Waals surface area contributed by atoms with Crippen LogP contribution in [0.5, 0.6) is 11.5 Å². The number of Topliss-reactive ketones (excluding diaryl/α,β-unsaturated/α-hetero) is 1. The summed E-state index contributed by atoms with van der Waals surface area (Å²) < 4.78 is 12.3. The molecule has 0 saturated heterocycles. The Morgan fingerprint density at radius 2 is 2.11 bits per heavy atom. The maximum atomic E-state index is 12.0. The molecule has 6 nitrogen and oxygen atoms in total. The molecule has 3 rings (SSSR count). The van der Waals surface area contributed by atoms with E-state index in [1.165, 1.54) is 17.3 Å². The molecule has 2 aromatic rings. The van der Waals surface area contributed by atoms with Crippen LogP contribution in [0.3, 0.4) is 0 Å². The lowest BCUT2D eigenvalue weighted by Gasteiger charge is -2.18. The maximum absolute atomic E-state index is 12.0. The maximum Gasteiger partial charge on any atom is 0.184 e. The van der Waals surface area contributed by atoms with Gasteiger partial charge in [-0.15, -0.1) is 0 Å². The van der Waals surface area contributed by atoms with Crippen molar-refractivity contribution in [1.29, 1.82) is 0 Å². The first-order valence-corrected chi connectivity index (χ1v) is 5.58. The number of carbonyl (C=O) groups is 1. The molecule has 0 aliphatic carbocycles. The van der Waals surface area contributed by atoms with Crippen molar-refractivity contribution >= 4 is 5.78 Å². The van der Waals surface area contributed by atoms with Gasteiger partial charge in [0.05, 0.1) is 0 Å². The minimum absolute atomic E-state index is 0.0440. The van der Waals surface area contributed by atoms with Crippen LogP contribution in [0.1, 0.15) is 10.4 Å². The van der Waals surface area contributed by atoms with Crippen LogP contribution in [-0.2, 0) is 6.54 Å². The zero-order chi connectivity index (χ0) is 12.4. The fourth-order valence-electron chi connectivity index (χ4n) is 1.77. The first-order chi connectivity index (χ1) is 8.83. The van der Waals surface area contributed by atoms with Gasteiger partial charge in [0.2, 0.25) is 0 Å². The fourth-order valence-corrected chi connectivity index (χ4v) is 1.77. The van der Waals surface area contributed by atoms with Gasteiger partial charge in [-0.25, -0.2) is 9.67 Å². The molecule has 18 heavy (non-hydrogen) atoms. The highest BCUT2D eigenvalue weighted by atomic mass is 16.6. The van der Waals surface area contributed by atoms with Crippen LogP contribution < -0.4 is 9.47 Å². The smallest absolute Gasteiger partial charge is 0.184 e. The van der Waals surface area contributed by atoms with Gasteiger partial charge >= 0.3 is 0 Å². The van der Waals surface area contributed by atoms with Crippen LogP contribution in [0.4, 0.5) is 0 Å². The molecule has 0 amide bonds. The molecule has 6 heteroatoms. The minimum Gasteiger partial charge on any atom is -0.486 e. The number of hydrogen-bond donors (Lipinski definition) is 0. The Morgan fingerprint density at radius 1 is 1.28 bits per heavy atom. The van der Waals surface area contributed by atoms with Crippen molar-refractivity contribution < 1.29 is 14.3 Å². The summed E-state index contributed by atoms with van der Waals surface area (Å²) in [6.45, 7) is 1.21. The summed E-state index contributed by atoms with van der Waals surface area (Å²) in [4.78, 5) is 15.8. The Kier molecular flexibility index (Phi) is 2.68. The highest BCUT2D eigenvalue weighted by Gasteiger charge is 2.15. The monoisotopic (exact) mass is 245 g/mol. The van der Waals surface area contributed by atoms with Gasteiger partial charge in [-0.1, -0.05) is 0 Å². The lowest BCUT2D eigenvalue weighted by atomic mass is 10.1. The molecular formula is C12H11N3O3. The van der Waals surface area contributed by atoms with Gasteiger partial charge in [0, 0.05) is 5.56 Å². The van der Waals surface area contributed by atoms with Crippen LogP contribution >= 0.6 is 0 Å². The van der Waals surface area contributed by atoms with E-state index in [2.05, 4.69) is 10.1 Å². The molecule has 0 fully saturated rings. The highest BCUT2D eigenvalue weighted by molar-refractivity contribution is 5.96. The molecule has 1 aliphatic heterocycles. The van der Waals surface area contributed by atoms with Gasteiger partial charge in [0.15, 0.2) is 17.3 Å². The average Bonchev–Trinajstić information content (AvgIpc) is 2.91. The Labute approximate surface area is 103 Å². The average molecular weight is 245 g/mol. The SMILES string of the molecule is O=C(Cn1cncn1)c1ccc2c(c1)OCCO2. The summed E-state index contributed by atoms with van der Waals surface area (Å²) in [5, 5.41) is 3.90. The molecule has 0 unspecified atom stereocenters. The second kappa shape index (κ2) is 4.48. The third-order valence-electron chi connectivity index (χ3n) is 2.64. The summed E-state index contributed by atoms with van der Waals surface area (Å²) in [7, 11) is 0. The van der Waals surface area contributed by atoms with Crippen LogP contribution in [0.25, 0.3) is 0 Å². The Balaban J connectivity index is 1.81. The van der Waals surface area contributed by atoms with Gasteiger partial charge in [-0.05, 0) is 18.2 Å². The molecule has 0 saturated carbocycles. The van der Waals surface area contributed by atoms with Crippen molar-refractivity contribution in [2.45, 2.75) is 6.54 Å². The molecule has 2 heterocycles. The fraction of sp³-hybridized carbons (Fsp3) is 0.250. The van der Waals surface area contributed by atoms with E-state index in [4.69, 9.17) is 9.47 Å². The first-order valence-electron chi connectivity index (χ1n) is 5.58. The standard InChI is InChI=1S/C12H11N3O3/c16-10(6-15-8-13-7-14-15)9-1-2-11-12(5-9)18-4-3-17-11/h1-2,5,7-8H,3-4,6H2. The Hall–Kier alpha value is -2.37. The summed E-state index contributed by atoms with van der Waals surface area (Å²) in [5.41, 5.74) is 0.578. The summed E-state index contributed by atoms with van der Waals surface area (Å²) in [5.74, 6) is 1.25. The molecule has 0 radical (unpaired) electrons. The van der Waals surface area contributed by atoms with Crippen LogP contribution in [0.2, 0.25) is 0 Å². The number of nitrogens with zero attached hydrogens (tertiary/aromatic N) is 3. The lowest BCUT2D eigenvalue weighted by Crippen LogP contribution is -2.16. The van der Waals surface area contributed by atoms with Crippen molar-refractivity contribution in [3.8, 4) is 11.5 Å². The van der Waals surface area contributed by atoms with E-state index in [9.17, 15) is 4.79 Å². The van der Waals surface area contributed by atoms with Gasteiger partial charge < -0.3 is 9.47 Å².